The summed E-state index contributed by atoms with van der Waals surface area (Å²) in [6, 6.07) is 12.6. The zero-order valence-electron chi connectivity index (χ0n) is 16.1. The number of rotatable bonds is 7. The first kappa shape index (κ1) is 20.8. The smallest absolute Gasteiger partial charge is 0.311 e. The fourth-order valence-electron chi connectivity index (χ4n) is 3.13. The summed E-state index contributed by atoms with van der Waals surface area (Å²) in [7, 11) is 1.49. The largest absolute Gasteiger partial charge is 0.495 e. The van der Waals surface area contributed by atoms with Gasteiger partial charge < -0.3 is 19.7 Å². The molecule has 30 heavy (non-hydrogen) atoms. The third kappa shape index (κ3) is 4.54. The van der Waals surface area contributed by atoms with Gasteiger partial charge in [-0.05, 0) is 18.2 Å². The summed E-state index contributed by atoms with van der Waals surface area (Å²) in [6.07, 6.45) is -0.0529. The van der Waals surface area contributed by atoms with Crippen LogP contribution < -0.4 is 15.0 Å². The number of methoxy groups -OCH3 is 1. The van der Waals surface area contributed by atoms with Crippen molar-refractivity contribution in [2.24, 2.45) is 5.92 Å². The molecule has 10 nitrogen and oxygen atoms in total. The Kier molecular flexibility index (Phi) is 6.26. The maximum atomic E-state index is 12.4. The number of benzene rings is 2. The van der Waals surface area contributed by atoms with E-state index in [-0.39, 0.29) is 30.2 Å². The monoisotopic (exact) mass is 413 g/mol. The second kappa shape index (κ2) is 9.03. The van der Waals surface area contributed by atoms with Gasteiger partial charge in [-0.1, -0.05) is 24.3 Å². The maximum Gasteiger partial charge on any atom is 0.311 e. The number of carbonyl (C=O) groups excluding carboxylic acids is 3. The van der Waals surface area contributed by atoms with E-state index in [0.717, 1.165) is 0 Å². The normalized spacial score (nSPS) is 15.6. The van der Waals surface area contributed by atoms with Gasteiger partial charge in [-0.25, -0.2) is 0 Å². The SMILES string of the molecule is COc1ccccc1N1C[C@H](C(=O)OCC(=O)Nc2ccccc2[N+](=O)[O-])CC1=O. The van der Waals surface area contributed by atoms with Crippen LogP contribution in [0.25, 0.3) is 0 Å². The molecule has 1 heterocycles. The molecular formula is C20H19N3O7. The Bertz CT molecular complexity index is 992. The molecule has 1 N–H and O–H groups in total. The number of hydrogen-bond acceptors (Lipinski definition) is 7. The van der Waals surface area contributed by atoms with Crippen LogP contribution in [0.2, 0.25) is 0 Å². The number of anilines is 2. The number of carbonyl (C=O) groups is 3. The number of hydrogen-bond donors (Lipinski definition) is 1. The molecule has 10 heteroatoms. The molecule has 0 radical (unpaired) electrons. The molecule has 2 aromatic carbocycles. The molecule has 0 unspecified atom stereocenters. The van der Waals surface area contributed by atoms with Crippen LogP contribution in [0.3, 0.4) is 0 Å². The number of amides is 2. The second-order valence-corrected chi connectivity index (χ2v) is 6.51. The van der Waals surface area contributed by atoms with Crippen LogP contribution in [-0.2, 0) is 19.1 Å². The zero-order valence-corrected chi connectivity index (χ0v) is 16.1. The summed E-state index contributed by atoms with van der Waals surface area (Å²) in [4.78, 5) is 48.5. The third-order valence-electron chi connectivity index (χ3n) is 4.55. The van der Waals surface area contributed by atoms with Crippen molar-refractivity contribution in [1.29, 1.82) is 0 Å². The summed E-state index contributed by atoms with van der Waals surface area (Å²) in [5.74, 6) is -1.90. The Balaban J connectivity index is 1.57. The zero-order chi connectivity index (χ0) is 21.7. The number of esters is 1. The Hall–Kier alpha value is -3.95. The molecule has 2 amide bonds. The summed E-state index contributed by atoms with van der Waals surface area (Å²) in [5, 5.41) is 13.3. The van der Waals surface area contributed by atoms with Crippen LogP contribution in [0, 0.1) is 16.0 Å². The first-order chi connectivity index (χ1) is 14.4. The van der Waals surface area contributed by atoms with Crippen LogP contribution in [0.5, 0.6) is 5.75 Å². The molecule has 0 spiro atoms. The average molecular weight is 413 g/mol. The second-order valence-electron chi connectivity index (χ2n) is 6.51. The number of nitrogens with zero attached hydrogens (tertiary/aromatic N) is 2. The van der Waals surface area contributed by atoms with Crippen LogP contribution >= 0.6 is 0 Å². The van der Waals surface area contributed by atoms with Gasteiger partial charge in [0, 0.05) is 19.0 Å². The van der Waals surface area contributed by atoms with E-state index in [1.165, 1.54) is 36.3 Å². The maximum absolute atomic E-state index is 12.4. The first-order valence-corrected chi connectivity index (χ1v) is 9.04. The summed E-state index contributed by atoms with van der Waals surface area (Å²) < 4.78 is 10.3. The van der Waals surface area contributed by atoms with E-state index in [2.05, 4.69) is 5.32 Å². The molecule has 1 atom stereocenters. The summed E-state index contributed by atoms with van der Waals surface area (Å²) >= 11 is 0. The third-order valence-corrected chi connectivity index (χ3v) is 4.55. The lowest BCUT2D eigenvalue weighted by Crippen LogP contribution is -2.28. The predicted octanol–water partition coefficient (Wildman–Crippen LogP) is 2.14. The van der Waals surface area contributed by atoms with Crippen molar-refractivity contribution in [1.82, 2.24) is 0 Å². The molecule has 3 rings (SSSR count). The molecule has 0 aliphatic carbocycles. The summed E-state index contributed by atoms with van der Waals surface area (Å²) in [5.41, 5.74) is 0.280. The van der Waals surface area contributed by atoms with Crippen molar-refractivity contribution < 1.29 is 28.8 Å². The molecule has 1 fully saturated rings. The van der Waals surface area contributed by atoms with E-state index < -0.39 is 29.3 Å². The Morgan fingerprint density at radius 1 is 1.20 bits per heavy atom. The highest BCUT2D eigenvalue weighted by Gasteiger charge is 2.37. The summed E-state index contributed by atoms with van der Waals surface area (Å²) in [6.45, 7) is -0.520. The lowest BCUT2D eigenvalue weighted by molar-refractivity contribution is -0.383. The van der Waals surface area contributed by atoms with Gasteiger partial charge in [0.05, 0.1) is 23.6 Å². The minimum atomic E-state index is -0.735. The van der Waals surface area contributed by atoms with E-state index in [4.69, 9.17) is 9.47 Å². The fraction of sp³-hybridized carbons (Fsp3) is 0.250. The predicted molar refractivity (Wildman–Crippen MR) is 106 cm³/mol. The number of nitrogens with one attached hydrogen (secondary N) is 1. The van der Waals surface area contributed by atoms with Gasteiger partial charge >= 0.3 is 5.97 Å². The number of nitro groups is 1. The first-order valence-electron chi connectivity index (χ1n) is 9.04. The molecule has 0 saturated carbocycles. The molecule has 1 saturated heterocycles. The molecule has 2 aromatic rings. The number of nitro benzene ring substituents is 1. The van der Waals surface area contributed by atoms with Gasteiger partial charge in [0.1, 0.15) is 11.4 Å². The highest BCUT2D eigenvalue weighted by molar-refractivity contribution is 6.01. The van der Waals surface area contributed by atoms with E-state index in [1.54, 1.807) is 24.3 Å². The quantitative estimate of drug-likeness (QED) is 0.418. The highest BCUT2D eigenvalue weighted by atomic mass is 16.6. The van der Waals surface area contributed by atoms with E-state index in [1.807, 2.05) is 0 Å². The van der Waals surface area contributed by atoms with E-state index >= 15 is 0 Å². The standard InChI is InChI=1S/C20H19N3O7/c1-29-17-9-5-4-8-16(17)22-11-13(10-19(22)25)20(26)30-12-18(24)21-14-6-2-3-7-15(14)23(27)28/h2-9,13H,10-12H2,1H3,(H,21,24)/t13-/m1/s1. The topological polar surface area (TPSA) is 128 Å². The Morgan fingerprint density at radius 3 is 2.63 bits per heavy atom. The molecule has 0 aromatic heterocycles. The van der Waals surface area contributed by atoms with Crippen molar-refractivity contribution in [3.05, 3.63) is 58.6 Å². The van der Waals surface area contributed by atoms with Gasteiger partial charge in [-0.15, -0.1) is 0 Å². The minimum absolute atomic E-state index is 0.00180. The average Bonchev–Trinajstić information content (AvgIpc) is 3.13. The van der Waals surface area contributed by atoms with Crippen molar-refractivity contribution >= 4 is 34.8 Å². The Morgan fingerprint density at radius 2 is 1.90 bits per heavy atom. The molecule has 1 aliphatic rings. The van der Waals surface area contributed by atoms with E-state index in [9.17, 15) is 24.5 Å². The van der Waals surface area contributed by atoms with Crippen LogP contribution in [-0.4, -0.2) is 43.0 Å². The van der Waals surface area contributed by atoms with Gasteiger partial charge in [0.2, 0.25) is 5.91 Å². The fourth-order valence-corrected chi connectivity index (χ4v) is 3.13. The van der Waals surface area contributed by atoms with Gasteiger partial charge in [-0.2, -0.15) is 0 Å². The number of ether oxygens (including phenoxy) is 2. The van der Waals surface area contributed by atoms with Crippen LogP contribution in [0.1, 0.15) is 6.42 Å². The lowest BCUT2D eigenvalue weighted by Gasteiger charge is -2.19. The van der Waals surface area contributed by atoms with Crippen molar-refractivity contribution in [2.75, 3.05) is 30.5 Å². The van der Waals surface area contributed by atoms with Gasteiger partial charge in [0.15, 0.2) is 6.61 Å². The lowest BCUT2D eigenvalue weighted by atomic mass is 10.1. The van der Waals surface area contributed by atoms with Gasteiger partial charge in [0.25, 0.3) is 11.6 Å². The molecular weight excluding hydrogens is 394 g/mol. The van der Waals surface area contributed by atoms with Crippen molar-refractivity contribution in [3.8, 4) is 5.75 Å². The number of para-hydroxylation sites is 4. The van der Waals surface area contributed by atoms with E-state index in [0.29, 0.717) is 11.4 Å². The molecule has 1 aliphatic heterocycles. The van der Waals surface area contributed by atoms with Crippen LogP contribution in [0.15, 0.2) is 48.5 Å². The van der Waals surface area contributed by atoms with Crippen molar-refractivity contribution in [3.63, 3.8) is 0 Å². The van der Waals surface area contributed by atoms with Crippen molar-refractivity contribution in [2.45, 2.75) is 6.42 Å². The van der Waals surface area contributed by atoms with Gasteiger partial charge in [-0.3, -0.25) is 24.5 Å². The highest BCUT2D eigenvalue weighted by Crippen LogP contribution is 2.33. The molecule has 156 valence electrons. The Labute approximate surface area is 171 Å². The molecule has 0 bridgehead atoms. The van der Waals surface area contributed by atoms with Crippen LogP contribution in [0.4, 0.5) is 17.1 Å². The minimum Gasteiger partial charge on any atom is -0.495 e.